The summed E-state index contributed by atoms with van der Waals surface area (Å²) in [5, 5.41) is 16.7. The molecule has 3 N–H and O–H groups in total. The molecule has 8 heteroatoms. The maximum Gasteiger partial charge on any atom is 0.222 e. The Kier molecular flexibility index (Phi) is 9.73. The van der Waals surface area contributed by atoms with Gasteiger partial charge in [0.1, 0.15) is 0 Å². The molecule has 140 valence electrons. The zero-order chi connectivity index (χ0) is 17.4. The summed E-state index contributed by atoms with van der Waals surface area (Å²) in [6.07, 6.45) is 4.10. The van der Waals surface area contributed by atoms with Crippen LogP contribution in [-0.4, -0.2) is 59.1 Å². The van der Waals surface area contributed by atoms with Gasteiger partial charge in [-0.1, -0.05) is 6.92 Å². The number of halogens is 1. The lowest BCUT2D eigenvalue weighted by molar-refractivity contribution is -0.129. The molecule has 25 heavy (non-hydrogen) atoms. The first-order valence-corrected chi connectivity index (χ1v) is 8.54. The number of carbonyl (C=O) groups is 1. The second kappa shape index (κ2) is 11.2. The standard InChI is InChI=1S/C17H27N5O2.HI/c1-3-16(24)22-10-7-14(12-22)21-17(19-4-2)20-11-15(23)13-5-8-18-9-6-13;/h5-6,8-9,14-15,23H,3-4,7,10-12H2,1-2H3,(H2,19,20,21);1H. The van der Waals surface area contributed by atoms with Gasteiger partial charge in [-0.3, -0.25) is 14.8 Å². The molecule has 0 aromatic carbocycles. The maximum absolute atomic E-state index is 11.8. The summed E-state index contributed by atoms with van der Waals surface area (Å²) in [4.78, 5) is 22.0. The molecule has 1 aromatic rings. The van der Waals surface area contributed by atoms with E-state index in [4.69, 9.17) is 0 Å². The van der Waals surface area contributed by atoms with E-state index in [1.54, 1.807) is 24.5 Å². The molecule has 2 rings (SSSR count). The van der Waals surface area contributed by atoms with Crippen molar-refractivity contribution in [3.63, 3.8) is 0 Å². The van der Waals surface area contributed by atoms with Crippen LogP contribution in [0.25, 0.3) is 0 Å². The number of aromatic nitrogens is 1. The number of hydrogen-bond acceptors (Lipinski definition) is 4. The number of aliphatic imine (C=N–C) groups is 1. The van der Waals surface area contributed by atoms with Crippen molar-refractivity contribution in [3.8, 4) is 0 Å². The highest BCUT2D eigenvalue weighted by atomic mass is 127. The summed E-state index contributed by atoms with van der Waals surface area (Å²) < 4.78 is 0. The number of amides is 1. The van der Waals surface area contributed by atoms with Gasteiger partial charge in [0.2, 0.25) is 5.91 Å². The average Bonchev–Trinajstić information content (AvgIpc) is 3.08. The Morgan fingerprint density at radius 2 is 2.16 bits per heavy atom. The predicted molar refractivity (Wildman–Crippen MR) is 109 cm³/mol. The van der Waals surface area contributed by atoms with Crippen LogP contribution in [0.2, 0.25) is 0 Å². The maximum atomic E-state index is 11.8. The number of guanidine groups is 1. The van der Waals surface area contributed by atoms with Crippen molar-refractivity contribution in [3.05, 3.63) is 30.1 Å². The predicted octanol–water partition coefficient (Wildman–Crippen LogP) is 1.30. The van der Waals surface area contributed by atoms with Crippen molar-refractivity contribution in [2.75, 3.05) is 26.2 Å². The Labute approximate surface area is 166 Å². The van der Waals surface area contributed by atoms with Gasteiger partial charge >= 0.3 is 0 Å². The number of nitrogens with zero attached hydrogens (tertiary/aromatic N) is 3. The molecule has 0 radical (unpaired) electrons. The molecule has 1 aliphatic heterocycles. The van der Waals surface area contributed by atoms with E-state index in [0.29, 0.717) is 18.9 Å². The molecule has 1 saturated heterocycles. The van der Waals surface area contributed by atoms with Gasteiger partial charge in [0.25, 0.3) is 0 Å². The van der Waals surface area contributed by atoms with Crippen LogP contribution in [0.1, 0.15) is 38.4 Å². The van der Waals surface area contributed by atoms with E-state index in [1.165, 1.54) is 0 Å². The summed E-state index contributed by atoms with van der Waals surface area (Å²) in [5.41, 5.74) is 0.796. The molecule has 1 aliphatic rings. The fourth-order valence-electron chi connectivity index (χ4n) is 2.71. The summed E-state index contributed by atoms with van der Waals surface area (Å²) >= 11 is 0. The van der Waals surface area contributed by atoms with Crippen LogP contribution in [0.15, 0.2) is 29.5 Å². The summed E-state index contributed by atoms with van der Waals surface area (Å²) in [5.74, 6) is 0.857. The summed E-state index contributed by atoms with van der Waals surface area (Å²) in [6.45, 7) is 6.37. The van der Waals surface area contributed by atoms with Gasteiger partial charge in [-0.05, 0) is 31.0 Å². The smallest absolute Gasteiger partial charge is 0.222 e. The minimum Gasteiger partial charge on any atom is -0.386 e. The highest BCUT2D eigenvalue weighted by Gasteiger charge is 2.25. The van der Waals surface area contributed by atoms with Crippen LogP contribution < -0.4 is 10.6 Å². The zero-order valence-electron chi connectivity index (χ0n) is 14.8. The quantitative estimate of drug-likeness (QED) is 0.338. The van der Waals surface area contributed by atoms with Crippen LogP contribution >= 0.6 is 24.0 Å². The molecular formula is C17H28IN5O2. The van der Waals surface area contributed by atoms with Gasteiger partial charge in [-0.25, -0.2) is 0 Å². The second-order valence-electron chi connectivity index (χ2n) is 5.84. The Bertz CT molecular complexity index is 555. The summed E-state index contributed by atoms with van der Waals surface area (Å²) in [6, 6.07) is 3.76. The van der Waals surface area contributed by atoms with Crippen molar-refractivity contribution in [2.45, 2.75) is 38.8 Å². The van der Waals surface area contributed by atoms with Crippen molar-refractivity contribution in [1.29, 1.82) is 0 Å². The largest absolute Gasteiger partial charge is 0.386 e. The number of carbonyl (C=O) groups excluding carboxylic acids is 1. The molecule has 0 aliphatic carbocycles. The Balaban J connectivity index is 0.00000312. The van der Waals surface area contributed by atoms with Crippen LogP contribution in [-0.2, 0) is 4.79 Å². The SMILES string of the molecule is CCNC(=NCC(O)c1ccncc1)NC1CCN(C(=O)CC)C1.I. The molecule has 0 saturated carbocycles. The average molecular weight is 461 g/mol. The van der Waals surface area contributed by atoms with Crippen molar-refractivity contribution in [1.82, 2.24) is 20.5 Å². The van der Waals surface area contributed by atoms with Crippen molar-refractivity contribution < 1.29 is 9.90 Å². The van der Waals surface area contributed by atoms with E-state index in [0.717, 1.165) is 25.1 Å². The first-order chi connectivity index (χ1) is 11.6. The molecule has 0 bridgehead atoms. The van der Waals surface area contributed by atoms with Crippen molar-refractivity contribution >= 4 is 35.8 Å². The van der Waals surface area contributed by atoms with E-state index in [-0.39, 0.29) is 42.5 Å². The zero-order valence-corrected chi connectivity index (χ0v) is 17.1. The minimum absolute atomic E-state index is 0. The molecular weight excluding hydrogens is 433 g/mol. The fraction of sp³-hybridized carbons (Fsp3) is 0.588. The van der Waals surface area contributed by atoms with Gasteiger partial charge in [0, 0.05) is 44.5 Å². The lowest BCUT2D eigenvalue weighted by Crippen LogP contribution is -2.45. The molecule has 1 amide bonds. The third-order valence-corrected chi connectivity index (χ3v) is 4.04. The molecule has 7 nitrogen and oxygen atoms in total. The first kappa shape index (κ1) is 21.6. The van der Waals surface area contributed by atoms with Crippen molar-refractivity contribution in [2.24, 2.45) is 4.99 Å². The number of nitrogens with one attached hydrogen (secondary N) is 2. The number of rotatable bonds is 6. The highest BCUT2D eigenvalue weighted by molar-refractivity contribution is 14.0. The van der Waals surface area contributed by atoms with Crippen LogP contribution in [0.4, 0.5) is 0 Å². The van der Waals surface area contributed by atoms with Gasteiger partial charge < -0.3 is 20.6 Å². The number of aliphatic hydroxyl groups excluding tert-OH is 1. The van der Waals surface area contributed by atoms with Crippen LogP contribution in [0.5, 0.6) is 0 Å². The normalized spacial score (nSPS) is 18.4. The molecule has 2 atom stereocenters. The van der Waals surface area contributed by atoms with E-state index in [2.05, 4.69) is 20.6 Å². The molecule has 1 aromatic heterocycles. The minimum atomic E-state index is -0.662. The number of pyridine rings is 1. The topological polar surface area (TPSA) is 89.8 Å². The summed E-state index contributed by atoms with van der Waals surface area (Å²) in [7, 11) is 0. The van der Waals surface area contributed by atoms with E-state index >= 15 is 0 Å². The van der Waals surface area contributed by atoms with Gasteiger partial charge in [-0.15, -0.1) is 24.0 Å². The molecule has 1 fully saturated rings. The van der Waals surface area contributed by atoms with E-state index < -0.39 is 6.10 Å². The Morgan fingerprint density at radius 3 is 2.80 bits per heavy atom. The molecule has 2 heterocycles. The van der Waals surface area contributed by atoms with E-state index in [1.807, 2.05) is 18.7 Å². The number of likely N-dealkylation sites (tertiary alicyclic amines) is 1. The third-order valence-electron chi connectivity index (χ3n) is 4.04. The first-order valence-electron chi connectivity index (χ1n) is 8.54. The lowest BCUT2D eigenvalue weighted by Gasteiger charge is -2.19. The monoisotopic (exact) mass is 461 g/mol. The lowest BCUT2D eigenvalue weighted by atomic mass is 10.1. The third kappa shape index (κ3) is 6.77. The van der Waals surface area contributed by atoms with Gasteiger partial charge in [-0.2, -0.15) is 0 Å². The van der Waals surface area contributed by atoms with Gasteiger partial charge in [0.05, 0.1) is 12.6 Å². The highest BCUT2D eigenvalue weighted by Crippen LogP contribution is 2.12. The van der Waals surface area contributed by atoms with Crippen LogP contribution in [0.3, 0.4) is 0 Å². The fourth-order valence-corrected chi connectivity index (χ4v) is 2.71. The van der Waals surface area contributed by atoms with Gasteiger partial charge in [0.15, 0.2) is 5.96 Å². The number of aliphatic hydroxyl groups is 1. The molecule has 0 spiro atoms. The van der Waals surface area contributed by atoms with E-state index in [9.17, 15) is 9.90 Å². The Hall–Kier alpha value is -1.42. The number of hydrogen-bond donors (Lipinski definition) is 3. The second-order valence-corrected chi connectivity index (χ2v) is 5.84. The van der Waals surface area contributed by atoms with Crippen LogP contribution in [0, 0.1) is 0 Å². The Morgan fingerprint density at radius 1 is 1.44 bits per heavy atom. The molecule has 2 unspecified atom stereocenters.